The molecule has 0 unspecified atom stereocenters. The van der Waals surface area contributed by atoms with Gasteiger partial charge in [0.05, 0.1) is 48.7 Å². The lowest BCUT2D eigenvalue weighted by atomic mass is 9.73. The van der Waals surface area contributed by atoms with Crippen molar-refractivity contribution in [1.29, 1.82) is 0 Å². The summed E-state index contributed by atoms with van der Waals surface area (Å²) in [6.07, 6.45) is 0. The average molecular weight is 605 g/mol. The fourth-order valence-corrected chi connectivity index (χ4v) is 6.19. The van der Waals surface area contributed by atoms with Crippen LogP contribution in [-0.4, -0.2) is 24.6 Å². The summed E-state index contributed by atoms with van der Waals surface area (Å²) in [7, 11) is 1.65. The van der Waals surface area contributed by atoms with E-state index < -0.39 is 5.41 Å². The monoisotopic (exact) mass is 604 g/mol. The molecule has 9 heteroatoms. The summed E-state index contributed by atoms with van der Waals surface area (Å²) >= 11 is 1.58. The third-order valence-corrected chi connectivity index (χ3v) is 8.60. The van der Waals surface area contributed by atoms with E-state index >= 15 is 0 Å². The lowest BCUT2D eigenvalue weighted by Gasteiger charge is -2.33. The minimum Gasteiger partial charge on any atom is -0.497 e. The Hall–Kier alpha value is -3.92. The van der Waals surface area contributed by atoms with Gasteiger partial charge in [-0.15, -0.1) is 11.3 Å². The van der Waals surface area contributed by atoms with Crippen molar-refractivity contribution in [3.8, 4) is 5.75 Å². The summed E-state index contributed by atoms with van der Waals surface area (Å²) in [6, 6.07) is 21.6. The number of aromatic nitrogens is 1. The van der Waals surface area contributed by atoms with Gasteiger partial charge in [-0.05, 0) is 75.1 Å². The SMILES string of the molecule is CCNc1ccc([C@H](c2nc(COCc3ccc(OC)cc3)c(C)s2)C(C)(C)C(=O)OCc2ccccc2)c(C)c1N.N. The zero-order valence-electron chi connectivity index (χ0n) is 26.0. The number of hydrogen-bond donors (Lipinski definition) is 3. The first kappa shape index (κ1) is 33.6. The first-order valence-electron chi connectivity index (χ1n) is 14.2. The Bertz CT molecular complexity index is 1490. The minimum atomic E-state index is -0.933. The molecule has 0 spiro atoms. The van der Waals surface area contributed by atoms with Gasteiger partial charge in [0.2, 0.25) is 0 Å². The number of aryl methyl sites for hydroxylation is 1. The van der Waals surface area contributed by atoms with Crippen LogP contribution in [0.3, 0.4) is 0 Å². The van der Waals surface area contributed by atoms with Crippen LogP contribution in [0.2, 0.25) is 0 Å². The molecule has 0 radical (unpaired) electrons. The van der Waals surface area contributed by atoms with Gasteiger partial charge in [0.25, 0.3) is 0 Å². The van der Waals surface area contributed by atoms with E-state index in [0.717, 1.165) is 55.8 Å². The van der Waals surface area contributed by atoms with Crippen LogP contribution in [0.4, 0.5) is 11.4 Å². The number of thiazole rings is 1. The molecule has 8 nitrogen and oxygen atoms in total. The fraction of sp³-hybridized carbons (Fsp3) is 0.353. The predicted molar refractivity (Wildman–Crippen MR) is 175 cm³/mol. The highest BCUT2D eigenvalue weighted by Crippen LogP contribution is 2.46. The van der Waals surface area contributed by atoms with Gasteiger partial charge in [-0.3, -0.25) is 4.79 Å². The topological polar surface area (TPSA) is 131 Å². The van der Waals surface area contributed by atoms with Crippen LogP contribution in [0.15, 0.2) is 66.7 Å². The van der Waals surface area contributed by atoms with Crippen molar-refractivity contribution in [3.05, 3.63) is 105 Å². The maximum Gasteiger partial charge on any atom is 0.312 e. The van der Waals surface area contributed by atoms with E-state index in [1.807, 2.05) is 95.3 Å². The zero-order chi connectivity index (χ0) is 30.3. The van der Waals surface area contributed by atoms with E-state index in [0.29, 0.717) is 18.9 Å². The van der Waals surface area contributed by atoms with Gasteiger partial charge in [-0.1, -0.05) is 48.5 Å². The quantitative estimate of drug-likeness (QED) is 0.105. The number of hydrogen-bond acceptors (Lipinski definition) is 9. The molecule has 4 rings (SSSR count). The van der Waals surface area contributed by atoms with Crippen LogP contribution in [0.1, 0.15) is 64.5 Å². The number of ether oxygens (including phenoxy) is 3. The third-order valence-electron chi connectivity index (χ3n) is 7.52. The van der Waals surface area contributed by atoms with E-state index in [1.54, 1.807) is 18.4 Å². The maximum absolute atomic E-state index is 13.7. The smallest absolute Gasteiger partial charge is 0.312 e. The number of esters is 1. The van der Waals surface area contributed by atoms with Gasteiger partial charge in [0, 0.05) is 11.4 Å². The zero-order valence-corrected chi connectivity index (χ0v) is 26.8. The Labute approximate surface area is 259 Å². The molecule has 1 heterocycles. The molecule has 0 saturated carbocycles. The number of methoxy groups -OCH3 is 1. The molecule has 1 atom stereocenters. The number of nitrogens with zero attached hydrogens (tertiary/aromatic N) is 1. The molecule has 0 aliphatic carbocycles. The van der Waals surface area contributed by atoms with Crippen molar-refractivity contribution in [2.24, 2.45) is 5.41 Å². The summed E-state index contributed by atoms with van der Waals surface area (Å²) in [4.78, 5) is 19.8. The van der Waals surface area contributed by atoms with E-state index in [-0.39, 0.29) is 24.6 Å². The second-order valence-corrected chi connectivity index (χ2v) is 12.1. The van der Waals surface area contributed by atoms with Crippen molar-refractivity contribution < 1.29 is 19.0 Å². The fourth-order valence-electron chi connectivity index (χ4n) is 4.96. The Balaban J connectivity index is 0.00000506. The number of anilines is 2. The normalized spacial score (nSPS) is 11.9. The lowest BCUT2D eigenvalue weighted by Crippen LogP contribution is -2.34. The molecule has 0 amide bonds. The molecule has 1 aromatic heterocycles. The first-order valence-corrected chi connectivity index (χ1v) is 15.0. The number of carbonyl (C=O) groups is 1. The van der Waals surface area contributed by atoms with Crippen LogP contribution in [-0.2, 0) is 34.1 Å². The van der Waals surface area contributed by atoms with Crippen LogP contribution in [0.25, 0.3) is 0 Å². The number of carbonyl (C=O) groups excluding carboxylic acids is 1. The maximum atomic E-state index is 13.7. The molecule has 43 heavy (non-hydrogen) atoms. The number of benzene rings is 3. The molecule has 3 aromatic carbocycles. The summed E-state index contributed by atoms with van der Waals surface area (Å²) < 4.78 is 17.2. The van der Waals surface area contributed by atoms with Crippen molar-refractivity contribution in [2.75, 3.05) is 24.7 Å². The lowest BCUT2D eigenvalue weighted by molar-refractivity contribution is -0.156. The van der Waals surface area contributed by atoms with E-state index in [1.165, 1.54) is 0 Å². The molecule has 230 valence electrons. The largest absolute Gasteiger partial charge is 0.497 e. The van der Waals surface area contributed by atoms with Gasteiger partial charge < -0.3 is 31.4 Å². The molecule has 0 aliphatic rings. The Morgan fingerprint density at radius 3 is 2.30 bits per heavy atom. The van der Waals surface area contributed by atoms with Gasteiger partial charge in [-0.25, -0.2) is 4.98 Å². The second-order valence-electron chi connectivity index (χ2n) is 10.9. The molecule has 0 bridgehead atoms. The Kier molecular flexibility index (Phi) is 11.7. The van der Waals surface area contributed by atoms with Crippen LogP contribution < -0.4 is 21.9 Å². The standard InChI is InChI=1S/C34H41N3O4S.H3N/c1-7-36-28-18-17-27(22(2)31(28)35)30(34(4,5)33(38)41-20-24-11-9-8-10-12-24)32-37-29(23(3)42-32)21-40-19-25-13-15-26(39-6)16-14-25;/h8-18,30,36H,7,19-21,35H2,1-6H3;1H3/t30-;/m1./s1. The van der Waals surface area contributed by atoms with Gasteiger partial charge in [0.15, 0.2) is 0 Å². The van der Waals surface area contributed by atoms with E-state index in [2.05, 4.69) is 11.4 Å². The highest BCUT2D eigenvalue weighted by molar-refractivity contribution is 7.11. The predicted octanol–water partition coefficient (Wildman–Crippen LogP) is 7.56. The van der Waals surface area contributed by atoms with Crippen molar-refractivity contribution in [2.45, 2.75) is 60.4 Å². The number of nitrogen functional groups attached to an aromatic ring is 1. The summed E-state index contributed by atoms with van der Waals surface area (Å²) in [5, 5.41) is 4.16. The van der Waals surface area contributed by atoms with Crippen LogP contribution in [0, 0.1) is 19.3 Å². The van der Waals surface area contributed by atoms with E-state index in [4.69, 9.17) is 24.9 Å². The molecule has 0 saturated heterocycles. The van der Waals surface area contributed by atoms with Gasteiger partial charge in [-0.2, -0.15) is 0 Å². The van der Waals surface area contributed by atoms with Gasteiger partial charge >= 0.3 is 5.97 Å². The molecule has 0 aliphatic heterocycles. The van der Waals surface area contributed by atoms with E-state index in [9.17, 15) is 4.79 Å². The van der Waals surface area contributed by atoms with Crippen LogP contribution >= 0.6 is 11.3 Å². The molecule has 6 N–H and O–H groups in total. The van der Waals surface area contributed by atoms with Crippen molar-refractivity contribution in [1.82, 2.24) is 11.1 Å². The highest BCUT2D eigenvalue weighted by Gasteiger charge is 2.43. The Morgan fingerprint density at radius 2 is 1.65 bits per heavy atom. The third kappa shape index (κ3) is 7.93. The van der Waals surface area contributed by atoms with Crippen LogP contribution in [0.5, 0.6) is 5.75 Å². The molecular weight excluding hydrogens is 560 g/mol. The number of rotatable bonds is 13. The average Bonchev–Trinajstić information content (AvgIpc) is 3.35. The molecule has 0 fully saturated rings. The number of nitrogens with one attached hydrogen (secondary N) is 1. The number of nitrogens with two attached hydrogens (primary N) is 1. The highest BCUT2D eigenvalue weighted by atomic mass is 32.1. The first-order chi connectivity index (χ1) is 20.1. The Morgan fingerprint density at radius 1 is 0.977 bits per heavy atom. The molecule has 4 aromatic rings. The van der Waals surface area contributed by atoms with Gasteiger partial charge in [0.1, 0.15) is 17.4 Å². The summed E-state index contributed by atoms with van der Waals surface area (Å²) in [6.45, 7) is 11.7. The molecular formula is C34H44N4O4S. The van der Waals surface area contributed by atoms with Crippen molar-refractivity contribution in [3.63, 3.8) is 0 Å². The second kappa shape index (κ2) is 15.0. The minimum absolute atomic E-state index is 0. The van der Waals surface area contributed by atoms with Crippen molar-refractivity contribution >= 4 is 28.7 Å². The summed E-state index contributed by atoms with van der Waals surface area (Å²) in [5.41, 5.74) is 11.9. The summed E-state index contributed by atoms with van der Waals surface area (Å²) in [5.74, 6) is 0.136.